The molecule has 0 aliphatic carbocycles. The number of nitrogens with zero attached hydrogens (tertiary/aromatic N) is 5. The van der Waals surface area contributed by atoms with E-state index in [1.165, 1.54) is 12.7 Å². The first kappa shape index (κ1) is 15.6. The second-order valence-electron chi connectivity index (χ2n) is 5.06. The third-order valence-electron chi connectivity index (χ3n) is 3.68. The van der Waals surface area contributed by atoms with Gasteiger partial charge in [-0.25, -0.2) is 15.0 Å². The van der Waals surface area contributed by atoms with E-state index in [2.05, 4.69) is 15.0 Å². The Labute approximate surface area is 131 Å². The van der Waals surface area contributed by atoms with Gasteiger partial charge in [0.15, 0.2) is 17.7 Å². The number of nitrogens with two attached hydrogens (primary N) is 1. The van der Waals surface area contributed by atoms with Gasteiger partial charge in [-0.05, 0) is 0 Å². The zero-order valence-corrected chi connectivity index (χ0v) is 12.1. The van der Waals surface area contributed by atoms with Crippen LogP contribution >= 0.6 is 0 Å². The Morgan fingerprint density at radius 3 is 3.00 bits per heavy atom. The Bertz CT molecular complexity index is 729. The number of rotatable bonds is 5. The normalized spacial score (nSPS) is 27.3. The lowest BCUT2D eigenvalue weighted by atomic mass is 10.1. The minimum atomic E-state index is -1.04. The first-order chi connectivity index (χ1) is 11.2. The number of anilines is 1. The van der Waals surface area contributed by atoms with E-state index in [1.54, 1.807) is 4.57 Å². The lowest BCUT2D eigenvalue weighted by Crippen LogP contribution is -2.35. The summed E-state index contributed by atoms with van der Waals surface area (Å²) in [6.45, 7) is -0.223. The largest absolute Gasteiger partial charge is 0.394 e. The van der Waals surface area contributed by atoms with Gasteiger partial charge in [-0.1, -0.05) is 0 Å². The van der Waals surface area contributed by atoms with Crippen molar-refractivity contribution in [1.82, 2.24) is 19.5 Å². The van der Waals surface area contributed by atoms with Crippen LogP contribution in [0.4, 0.5) is 5.82 Å². The molecule has 122 valence electrons. The van der Waals surface area contributed by atoms with Gasteiger partial charge < -0.3 is 25.4 Å². The summed E-state index contributed by atoms with van der Waals surface area (Å²) in [5.41, 5.74) is 6.60. The Morgan fingerprint density at radius 2 is 2.26 bits per heavy atom. The average molecular weight is 320 g/mol. The zero-order valence-electron chi connectivity index (χ0n) is 12.1. The van der Waals surface area contributed by atoms with Crippen molar-refractivity contribution >= 4 is 17.0 Å². The van der Waals surface area contributed by atoms with Crippen molar-refractivity contribution in [3.63, 3.8) is 0 Å². The van der Waals surface area contributed by atoms with Gasteiger partial charge in [0.1, 0.15) is 30.2 Å². The monoisotopic (exact) mass is 320 g/mol. The molecule has 0 bridgehead atoms. The summed E-state index contributed by atoms with van der Waals surface area (Å²) in [6.07, 6.45) is -0.415. The number of ether oxygens (including phenoxy) is 2. The minimum Gasteiger partial charge on any atom is -0.394 e. The predicted octanol–water partition coefficient (Wildman–Crippen LogP) is -1.04. The maximum Gasteiger partial charge on any atom is 0.167 e. The third-order valence-corrected chi connectivity index (χ3v) is 3.68. The SMILES string of the molecule is N#CCCO[C@H]1C(O)[C@@H](CO)O[C@H]1n1cnc2c(N)ncnc21. The molecule has 1 aliphatic rings. The van der Waals surface area contributed by atoms with E-state index in [1.807, 2.05) is 6.07 Å². The van der Waals surface area contributed by atoms with Crippen molar-refractivity contribution in [2.75, 3.05) is 18.9 Å². The molecule has 1 aliphatic heterocycles. The number of aromatic nitrogens is 4. The Balaban J connectivity index is 1.94. The molecular formula is C13H16N6O4. The van der Waals surface area contributed by atoms with E-state index in [9.17, 15) is 10.2 Å². The van der Waals surface area contributed by atoms with Crippen molar-refractivity contribution in [3.05, 3.63) is 12.7 Å². The predicted molar refractivity (Wildman–Crippen MR) is 76.7 cm³/mol. The van der Waals surface area contributed by atoms with Crippen LogP contribution in [0.1, 0.15) is 12.6 Å². The van der Waals surface area contributed by atoms with Crippen molar-refractivity contribution in [1.29, 1.82) is 5.26 Å². The van der Waals surface area contributed by atoms with Crippen LogP contribution in [0.25, 0.3) is 11.2 Å². The second-order valence-corrected chi connectivity index (χ2v) is 5.06. The van der Waals surface area contributed by atoms with E-state index in [0.29, 0.717) is 11.2 Å². The van der Waals surface area contributed by atoms with Crippen LogP contribution in [0.15, 0.2) is 12.7 Å². The molecule has 3 rings (SSSR count). The number of fused-ring (bicyclic) bond motifs is 1. The molecule has 4 atom stereocenters. The third kappa shape index (κ3) is 2.71. The van der Waals surface area contributed by atoms with Gasteiger partial charge >= 0.3 is 0 Å². The van der Waals surface area contributed by atoms with E-state index in [4.69, 9.17) is 20.5 Å². The Kier molecular flexibility index (Phi) is 4.35. The van der Waals surface area contributed by atoms with Crippen molar-refractivity contribution < 1.29 is 19.7 Å². The summed E-state index contributed by atoms with van der Waals surface area (Å²) in [6, 6.07) is 1.97. The molecule has 0 radical (unpaired) electrons. The van der Waals surface area contributed by atoms with E-state index in [0.717, 1.165) is 0 Å². The van der Waals surface area contributed by atoms with Crippen LogP contribution in [-0.2, 0) is 9.47 Å². The van der Waals surface area contributed by atoms with E-state index >= 15 is 0 Å². The molecule has 1 fully saturated rings. The van der Waals surface area contributed by atoms with Crippen molar-refractivity contribution in [2.45, 2.75) is 31.0 Å². The van der Waals surface area contributed by atoms with E-state index < -0.39 is 24.5 Å². The molecular weight excluding hydrogens is 304 g/mol. The summed E-state index contributed by atoms with van der Waals surface area (Å²) in [4.78, 5) is 12.1. The quantitative estimate of drug-likeness (QED) is 0.586. The fourth-order valence-corrected chi connectivity index (χ4v) is 2.57. The van der Waals surface area contributed by atoms with E-state index in [-0.39, 0.29) is 25.5 Å². The van der Waals surface area contributed by atoms with Gasteiger partial charge in [0.2, 0.25) is 0 Å². The maximum absolute atomic E-state index is 10.3. The molecule has 1 saturated heterocycles. The lowest BCUT2D eigenvalue weighted by molar-refractivity contribution is -0.0693. The summed E-state index contributed by atoms with van der Waals surface area (Å²) in [5.74, 6) is 0.230. The molecule has 0 aromatic carbocycles. The van der Waals surface area contributed by atoms with Crippen molar-refractivity contribution in [2.24, 2.45) is 0 Å². The summed E-state index contributed by atoms with van der Waals surface area (Å²) >= 11 is 0. The highest BCUT2D eigenvalue weighted by atomic mass is 16.6. The number of nitrogen functional groups attached to an aromatic ring is 1. The molecule has 10 nitrogen and oxygen atoms in total. The van der Waals surface area contributed by atoms with Gasteiger partial charge in [0.25, 0.3) is 0 Å². The van der Waals surface area contributed by atoms with Crippen LogP contribution in [0.2, 0.25) is 0 Å². The summed E-state index contributed by atoms with van der Waals surface area (Å²) < 4.78 is 12.8. The highest BCUT2D eigenvalue weighted by Crippen LogP contribution is 2.33. The summed E-state index contributed by atoms with van der Waals surface area (Å²) in [7, 11) is 0. The zero-order chi connectivity index (χ0) is 16.4. The van der Waals surface area contributed by atoms with Gasteiger partial charge in [-0.2, -0.15) is 5.26 Å². The number of aliphatic hydroxyl groups is 2. The molecule has 1 unspecified atom stereocenters. The number of imidazole rings is 1. The van der Waals surface area contributed by atoms with Crippen LogP contribution in [0.3, 0.4) is 0 Å². The number of nitriles is 1. The number of hydrogen-bond acceptors (Lipinski definition) is 9. The Morgan fingerprint density at radius 1 is 1.43 bits per heavy atom. The molecule has 0 saturated carbocycles. The lowest BCUT2D eigenvalue weighted by Gasteiger charge is -2.21. The first-order valence-electron chi connectivity index (χ1n) is 7.03. The van der Waals surface area contributed by atoms with Gasteiger partial charge in [0.05, 0.1) is 32.0 Å². The van der Waals surface area contributed by atoms with Gasteiger partial charge in [0, 0.05) is 0 Å². The summed E-state index contributed by atoms with van der Waals surface area (Å²) in [5, 5.41) is 28.2. The van der Waals surface area contributed by atoms with Gasteiger partial charge in [-0.3, -0.25) is 4.57 Å². The smallest absolute Gasteiger partial charge is 0.167 e. The molecule has 3 heterocycles. The van der Waals surface area contributed by atoms with Crippen LogP contribution in [0, 0.1) is 11.3 Å². The van der Waals surface area contributed by atoms with Crippen LogP contribution in [0.5, 0.6) is 0 Å². The average Bonchev–Trinajstić information content (AvgIpc) is 3.10. The fraction of sp³-hybridized carbons (Fsp3) is 0.538. The molecule has 0 spiro atoms. The standard InChI is InChI=1S/C13H16N6O4/c14-2-1-3-22-10-9(21)7(4-20)23-13(10)19-6-18-8-11(15)16-5-17-12(8)19/h5-7,9-10,13,20-21H,1,3-4H2,(H2,15,16,17)/t7-,9?,10+,13-/m1/s1. The van der Waals surface area contributed by atoms with Crippen LogP contribution < -0.4 is 5.73 Å². The molecule has 23 heavy (non-hydrogen) atoms. The molecule has 0 amide bonds. The topological polar surface area (TPSA) is 152 Å². The molecule has 4 N–H and O–H groups in total. The number of aliphatic hydroxyl groups excluding tert-OH is 2. The fourth-order valence-electron chi connectivity index (χ4n) is 2.57. The molecule has 2 aromatic heterocycles. The first-order valence-corrected chi connectivity index (χ1v) is 7.03. The molecule has 10 heteroatoms. The second kappa shape index (κ2) is 6.43. The Hall–Kier alpha value is -2.32. The van der Waals surface area contributed by atoms with Crippen molar-refractivity contribution in [3.8, 4) is 6.07 Å². The molecule has 2 aromatic rings. The highest BCUT2D eigenvalue weighted by Gasteiger charge is 2.45. The highest BCUT2D eigenvalue weighted by molar-refractivity contribution is 5.81. The minimum absolute atomic E-state index is 0.139. The van der Waals surface area contributed by atoms with Crippen LogP contribution in [-0.4, -0.2) is 61.3 Å². The maximum atomic E-state index is 10.3. The number of hydrogen-bond donors (Lipinski definition) is 3. The van der Waals surface area contributed by atoms with Gasteiger partial charge in [-0.15, -0.1) is 0 Å².